The Morgan fingerprint density at radius 1 is 1.86 bits per heavy atom. The molecule has 0 spiro atoms. The summed E-state index contributed by atoms with van der Waals surface area (Å²) in [6, 6.07) is 0. The lowest BCUT2D eigenvalue weighted by atomic mass is 10.5. The van der Waals surface area contributed by atoms with Crippen LogP contribution in [-0.4, -0.2) is 18.2 Å². The van der Waals surface area contributed by atoms with Crippen molar-refractivity contribution in [2.45, 2.75) is 6.92 Å². The van der Waals surface area contributed by atoms with Crippen LogP contribution in [0.5, 0.6) is 0 Å². The molecule has 42 valence electrons. The molecular weight excluding hydrogens is 158 g/mol. The van der Waals surface area contributed by atoms with Gasteiger partial charge in [0, 0.05) is 5.33 Å². The van der Waals surface area contributed by atoms with E-state index in [2.05, 4.69) is 25.9 Å². The fourth-order valence-corrected chi connectivity index (χ4v) is 0.283. The minimum absolute atomic E-state index is 0.779. The van der Waals surface area contributed by atoms with Gasteiger partial charge < -0.3 is 4.84 Å². The number of alkyl halides is 1. The van der Waals surface area contributed by atoms with Crippen LogP contribution in [0.15, 0.2) is 5.16 Å². The van der Waals surface area contributed by atoms with Gasteiger partial charge in [-0.2, -0.15) is 0 Å². The van der Waals surface area contributed by atoms with E-state index >= 15 is 0 Å². The molecule has 2 nitrogen and oxygen atoms in total. The lowest BCUT2D eigenvalue weighted by Crippen LogP contribution is -1.90. The van der Waals surface area contributed by atoms with E-state index < -0.39 is 0 Å². The second kappa shape index (κ2) is 4.12. The summed E-state index contributed by atoms with van der Waals surface area (Å²) in [6.45, 7) is 1.89. The molecule has 0 unspecified atom stereocenters. The summed E-state index contributed by atoms with van der Waals surface area (Å²) < 4.78 is 0. The number of rotatable bonds is 2. The summed E-state index contributed by atoms with van der Waals surface area (Å²) in [7, 11) is 1.53. The Balaban J connectivity index is 3.29. The Morgan fingerprint density at radius 3 is 2.57 bits per heavy atom. The van der Waals surface area contributed by atoms with Crippen molar-refractivity contribution in [2.75, 3.05) is 12.4 Å². The van der Waals surface area contributed by atoms with Gasteiger partial charge in [-0.1, -0.05) is 21.1 Å². The van der Waals surface area contributed by atoms with Crippen molar-refractivity contribution >= 4 is 21.6 Å². The van der Waals surface area contributed by atoms with Gasteiger partial charge in [-0.25, -0.2) is 0 Å². The van der Waals surface area contributed by atoms with Gasteiger partial charge in [0.15, 0.2) is 0 Å². The summed E-state index contributed by atoms with van der Waals surface area (Å²) in [5.41, 5.74) is 0.947. The van der Waals surface area contributed by atoms with Crippen molar-refractivity contribution in [2.24, 2.45) is 5.16 Å². The molecule has 0 heterocycles. The molecule has 0 aromatic rings. The quantitative estimate of drug-likeness (QED) is 0.345. The van der Waals surface area contributed by atoms with Gasteiger partial charge in [-0.3, -0.25) is 0 Å². The molecule has 0 aromatic heterocycles. The van der Waals surface area contributed by atoms with Crippen LogP contribution < -0.4 is 0 Å². The highest BCUT2D eigenvalue weighted by molar-refractivity contribution is 9.09. The van der Waals surface area contributed by atoms with E-state index in [1.54, 1.807) is 0 Å². The Labute approximate surface area is 51.7 Å². The van der Waals surface area contributed by atoms with Crippen molar-refractivity contribution < 1.29 is 4.84 Å². The lowest BCUT2D eigenvalue weighted by Gasteiger charge is -1.87. The number of halogens is 1. The van der Waals surface area contributed by atoms with Crippen LogP contribution in [0.4, 0.5) is 0 Å². The second-order valence-electron chi connectivity index (χ2n) is 1.14. The standard InChI is InChI=1S/C4H8BrNO/c1-4(3-5)6-7-2/h3H2,1-2H3/b6-4+. The zero-order valence-corrected chi connectivity index (χ0v) is 6.03. The van der Waals surface area contributed by atoms with Crippen LogP contribution in [0.2, 0.25) is 0 Å². The minimum Gasteiger partial charge on any atom is -0.399 e. The van der Waals surface area contributed by atoms with Crippen LogP contribution in [0.1, 0.15) is 6.92 Å². The average Bonchev–Trinajstić information content (AvgIpc) is 1.68. The third-order valence-corrected chi connectivity index (χ3v) is 1.25. The third kappa shape index (κ3) is 3.79. The predicted octanol–water partition coefficient (Wildman–Crippen LogP) is 1.40. The first kappa shape index (κ1) is 6.95. The molecule has 0 bridgehead atoms. The van der Waals surface area contributed by atoms with E-state index in [1.165, 1.54) is 7.11 Å². The molecule has 0 aromatic carbocycles. The molecule has 0 rings (SSSR count). The highest BCUT2D eigenvalue weighted by atomic mass is 79.9. The van der Waals surface area contributed by atoms with Crippen molar-refractivity contribution in [3.05, 3.63) is 0 Å². The largest absolute Gasteiger partial charge is 0.399 e. The molecule has 3 heteroatoms. The molecule has 0 amide bonds. The molecule has 0 fully saturated rings. The Morgan fingerprint density at radius 2 is 2.43 bits per heavy atom. The van der Waals surface area contributed by atoms with Crippen molar-refractivity contribution in [1.82, 2.24) is 0 Å². The minimum atomic E-state index is 0.779. The first-order chi connectivity index (χ1) is 3.31. The third-order valence-electron chi connectivity index (χ3n) is 0.441. The first-order valence-electron chi connectivity index (χ1n) is 1.94. The average molecular weight is 166 g/mol. The summed E-state index contributed by atoms with van der Waals surface area (Å²) in [5, 5.41) is 4.39. The fourth-order valence-electron chi connectivity index (χ4n) is 0.180. The summed E-state index contributed by atoms with van der Waals surface area (Å²) in [4.78, 5) is 4.45. The van der Waals surface area contributed by atoms with Gasteiger partial charge in [0.25, 0.3) is 0 Å². The van der Waals surface area contributed by atoms with Crippen molar-refractivity contribution in [3.8, 4) is 0 Å². The molecule has 0 saturated heterocycles. The molecule has 0 atom stereocenters. The topological polar surface area (TPSA) is 21.6 Å². The second-order valence-corrected chi connectivity index (χ2v) is 1.70. The van der Waals surface area contributed by atoms with Crippen LogP contribution in [-0.2, 0) is 4.84 Å². The first-order valence-corrected chi connectivity index (χ1v) is 3.06. The molecule has 0 radical (unpaired) electrons. The lowest BCUT2D eigenvalue weighted by molar-refractivity contribution is 0.213. The van der Waals surface area contributed by atoms with Gasteiger partial charge in [-0.05, 0) is 6.92 Å². The molecule has 0 saturated carbocycles. The van der Waals surface area contributed by atoms with E-state index in [-0.39, 0.29) is 0 Å². The van der Waals surface area contributed by atoms with Gasteiger partial charge in [-0.15, -0.1) is 0 Å². The zero-order chi connectivity index (χ0) is 5.70. The van der Waals surface area contributed by atoms with E-state index in [0.29, 0.717) is 0 Å². The summed E-state index contributed by atoms with van der Waals surface area (Å²) in [5.74, 6) is 0. The van der Waals surface area contributed by atoms with Crippen molar-refractivity contribution in [1.29, 1.82) is 0 Å². The Kier molecular flexibility index (Phi) is 4.09. The van der Waals surface area contributed by atoms with Gasteiger partial charge in [0.05, 0.1) is 5.71 Å². The molecule has 7 heavy (non-hydrogen) atoms. The van der Waals surface area contributed by atoms with Gasteiger partial charge >= 0.3 is 0 Å². The van der Waals surface area contributed by atoms with Crippen LogP contribution in [0.25, 0.3) is 0 Å². The summed E-state index contributed by atoms with van der Waals surface area (Å²) in [6.07, 6.45) is 0. The molecule has 0 aliphatic carbocycles. The van der Waals surface area contributed by atoms with Crippen LogP contribution in [0, 0.1) is 0 Å². The smallest absolute Gasteiger partial charge is 0.106 e. The maximum atomic E-state index is 4.45. The van der Waals surface area contributed by atoms with Gasteiger partial charge in [0.1, 0.15) is 7.11 Å². The SMILES string of the molecule is CO/N=C(\C)CBr. The maximum absolute atomic E-state index is 4.45. The van der Waals surface area contributed by atoms with Crippen molar-refractivity contribution in [3.63, 3.8) is 0 Å². The molecule has 0 aliphatic rings. The predicted molar refractivity (Wildman–Crippen MR) is 33.9 cm³/mol. The Bertz CT molecular complexity index is 72.1. The van der Waals surface area contributed by atoms with E-state index in [9.17, 15) is 0 Å². The normalized spacial score (nSPS) is 11.6. The van der Waals surface area contributed by atoms with Crippen LogP contribution >= 0.6 is 15.9 Å². The number of hydrogen-bond donors (Lipinski definition) is 0. The Hall–Kier alpha value is -0.0500. The van der Waals surface area contributed by atoms with E-state index in [0.717, 1.165) is 11.0 Å². The fraction of sp³-hybridized carbons (Fsp3) is 0.750. The monoisotopic (exact) mass is 165 g/mol. The maximum Gasteiger partial charge on any atom is 0.106 e. The number of nitrogens with zero attached hydrogens (tertiary/aromatic N) is 1. The number of hydrogen-bond acceptors (Lipinski definition) is 2. The van der Waals surface area contributed by atoms with Gasteiger partial charge in [0.2, 0.25) is 0 Å². The zero-order valence-electron chi connectivity index (χ0n) is 4.44. The highest BCUT2D eigenvalue weighted by Crippen LogP contribution is 1.83. The molecular formula is C4H8BrNO. The highest BCUT2D eigenvalue weighted by Gasteiger charge is 1.81. The number of oxime groups is 1. The summed E-state index contributed by atoms with van der Waals surface area (Å²) >= 11 is 3.20. The van der Waals surface area contributed by atoms with E-state index in [4.69, 9.17) is 0 Å². The van der Waals surface area contributed by atoms with E-state index in [1.807, 2.05) is 6.92 Å². The molecule has 0 N–H and O–H groups in total. The van der Waals surface area contributed by atoms with Crippen LogP contribution in [0.3, 0.4) is 0 Å². The molecule has 0 aliphatic heterocycles.